The van der Waals surface area contributed by atoms with Crippen LogP contribution in [-0.4, -0.2) is 21.6 Å². The van der Waals surface area contributed by atoms with Gasteiger partial charge in [0.15, 0.2) is 0 Å². The van der Waals surface area contributed by atoms with Crippen molar-refractivity contribution in [1.82, 2.24) is 15.0 Å². The van der Waals surface area contributed by atoms with E-state index < -0.39 is 0 Å². The van der Waals surface area contributed by atoms with E-state index in [-0.39, 0.29) is 0 Å². The quantitative estimate of drug-likeness (QED) is 0.322. The van der Waals surface area contributed by atoms with Crippen molar-refractivity contribution in [2.24, 2.45) is 11.8 Å². The molecule has 3 aromatic rings. The average molecular weight is 420 g/mol. The van der Waals surface area contributed by atoms with E-state index >= 15 is 0 Å². The Labute approximate surface area is 187 Å². The molecule has 1 aromatic heterocycles. The van der Waals surface area contributed by atoms with Gasteiger partial charge in [-0.1, -0.05) is 70.2 Å². The molecule has 2 aromatic carbocycles. The number of aryl methyl sites for hydroxylation is 1. The van der Waals surface area contributed by atoms with Crippen LogP contribution in [0, 0.1) is 11.8 Å². The third-order valence-corrected chi connectivity index (χ3v) is 5.57. The van der Waals surface area contributed by atoms with Gasteiger partial charge in [0, 0.05) is 18.5 Å². The second-order valence-electron chi connectivity index (χ2n) is 9.43. The fourth-order valence-electron chi connectivity index (χ4n) is 4.03. The normalized spacial score (nSPS) is 12.5. The zero-order valence-corrected chi connectivity index (χ0v) is 19.7. The fraction of sp³-hybridized carbons (Fsp3) is 0.481. The molecule has 0 aliphatic rings. The van der Waals surface area contributed by atoms with Crippen LogP contribution in [0.2, 0.25) is 0 Å². The van der Waals surface area contributed by atoms with Crippen LogP contribution in [0.25, 0.3) is 11.3 Å². The standard InChI is InChI=1S/C27H37N3O/c1-20(2)16-22(5)17-23-10-12-26(13-11-23)31-15-7-14-30-19-27(28-29-30)25-9-6-8-24(18-25)21(3)4/h6,8-13,18-22H,7,14-17H2,1-5H3/t22-/m0/s1. The van der Waals surface area contributed by atoms with E-state index in [2.05, 4.69) is 93.5 Å². The van der Waals surface area contributed by atoms with Crippen molar-refractivity contribution in [2.75, 3.05) is 6.61 Å². The molecule has 1 heterocycles. The number of aromatic nitrogens is 3. The first-order valence-electron chi connectivity index (χ1n) is 11.6. The molecule has 0 saturated carbocycles. The highest BCUT2D eigenvalue weighted by Gasteiger charge is 2.08. The highest BCUT2D eigenvalue weighted by atomic mass is 16.5. The largest absolute Gasteiger partial charge is 0.494 e. The van der Waals surface area contributed by atoms with Gasteiger partial charge in [0.1, 0.15) is 11.4 Å². The Morgan fingerprint density at radius 3 is 2.45 bits per heavy atom. The van der Waals surface area contributed by atoms with Gasteiger partial charge in [-0.2, -0.15) is 0 Å². The minimum Gasteiger partial charge on any atom is -0.494 e. The topological polar surface area (TPSA) is 39.9 Å². The van der Waals surface area contributed by atoms with E-state index in [1.165, 1.54) is 17.5 Å². The minimum absolute atomic E-state index is 0.504. The van der Waals surface area contributed by atoms with Crippen molar-refractivity contribution in [3.05, 3.63) is 65.9 Å². The number of rotatable bonds is 11. The molecule has 0 unspecified atom stereocenters. The van der Waals surface area contributed by atoms with Crippen molar-refractivity contribution in [3.8, 4) is 17.0 Å². The van der Waals surface area contributed by atoms with Gasteiger partial charge in [-0.15, -0.1) is 5.10 Å². The summed E-state index contributed by atoms with van der Waals surface area (Å²) in [6.07, 6.45) is 5.31. The highest BCUT2D eigenvalue weighted by Crippen LogP contribution is 2.22. The van der Waals surface area contributed by atoms with E-state index in [9.17, 15) is 0 Å². The lowest BCUT2D eigenvalue weighted by molar-refractivity contribution is 0.298. The third kappa shape index (κ3) is 7.23. The maximum atomic E-state index is 5.92. The summed E-state index contributed by atoms with van der Waals surface area (Å²) in [6, 6.07) is 17.1. The lowest BCUT2D eigenvalue weighted by Gasteiger charge is -2.14. The molecule has 0 spiro atoms. The summed E-state index contributed by atoms with van der Waals surface area (Å²) in [6.45, 7) is 12.8. The Bertz CT molecular complexity index is 928. The molecule has 3 rings (SSSR count). The predicted molar refractivity (Wildman–Crippen MR) is 128 cm³/mol. The maximum absolute atomic E-state index is 5.92. The number of benzene rings is 2. The van der Waals surface area contributed by atoms with E-state index in [0.29, 0.717) is 18.4 Å². The molecule has 0 aliphatic heterocycles. The smallest absolute Gasteiger partial charge is 0.119 e. The van der Waals surface area contributed by atoms with Gasteiger partial charge in [-0.05, 0) is 59.9 Å². The summed E-state index contributed by atoms with van der Waals surface area (Å²) in [5, 5.41) is 8.63. The molecule has 0 bridgehead atoms. The summed E-state index contributed by atoms with van der Waals surface area (Å²) in [7, 11) is 0. The Kier molecular flexibility index (Phi) is 8.27. The van der Waals surface area contributed by atoms with Crippen LogP contribution >= 0.6 is 0 Å². The summed E-state index contributed by atoms with van der Waals surface area (Å²) in [5.74, 6) is 2.91. The van der Waals surface area contributed by atoms with Crippen LogP contribution in [0.4, 0.5) is 0 Å². The number of nitrogens with zero attached hydrogens (tertiary/aromatic N) is 3. The van der Waals surface area contributed by atoms with Crippen LogP contribution in [0.1, 0.15) is 64.5 Å². The maximum Gasteiger partial charge on any atom is 0.119 e. The first-order valence-corrected chi connectivity index (χ1v) is 11.6. The lowest BCUT2D eigenvalue weighted by atomic mass is 9.93. The van der Waals surface area contributed by atoms with E-state index in [0.717, 1.165) is 42.3 Å². The van der Waals surface area contributed by atoms with Crippen LogP contribution in [0.5, 0.6) is 5.75 Å². The van der Waals surface area contributed by atoms with Gasteiger partial charge < -0.3 is 4.74 Å². The number of hydrogen-bond donors (Lipinski definition) is 0. The molecule has 0 saturated heterocycles. The molecule has 0 fully saturated rings. The van der Waals surface area contributed by atoms with Crippen LogP contribution in [0.15, 0.2) is 54.7 Å². The summed E-state index contributed by atoms with van der Waals surface area (Å²) in [5.41, 5.74) is 4.75. The summed E-state index contributed by atoms with van der Waals surface area (Å²) >= 11 is 0. The molecule has 4 heteroatoms. The Hall–Kier alpha value is -2.62. The Balaban J connectivity index is 1.44. The molecule has 0 amide bonds. The van der Waals surface area contributed by atoms with E-state index in [1.54, 1.807) is 0 Å². The second kappa shape index (κ2) is 11.1. The van der Waals surface area contributed by atoms with E-state index in [4.69, 9.17) is 4.74 Å². The monoisotopic (exact) mass is 419 g/mol. The molecule has 31 heavy (non-hydrogen) atoms. The van der Waals surface area contributed by atoms with Gasteiger partial charge >= 0.3 is 0 Å². The molecule has 0 aliphatic carbocycles. The van der Waals surface area contributed by atoms with Gasteiger partial charge in [0.2, 0.25) is 0 Å². The number of ether oxygens (including phenoxy) is 1. The molecule has 166 valence electrons. The molecule has 1 atom stereocenters. The van der Waals surface area contributed by atoms with Crippen molar-refractivity contribution in [1.29, 1.82) is 0 Å². The lowest BCUT2D eigenvalue weighted by Crippen LogP contribution is -2.05. The molecule has 0 N–H and O–H groups in total. The Morgan fingerprint density at radius 1 is 0.968 bits per heavy atom. The fourth-order valence-corrected chi connectivity index (χ4v) is 4.03. The Morgan fingerprint density at radius 2 is 1.74 bits per heavy atom. The van der Waals surface area contributed by atoms with E-state index in [1.807, 2.05) is 10.9 Å². The average Bonchev–Trinajstić information content (AvgIpc) is 3.21. The SMILES string of the molecule is CC(C)C[C@H](C)Cc1ccc(OCCCn2cc(-c3cccc(C(C)C)c3)nn2)cc1. The van der Waals surface area contributed by atoms with Crippen molar-refractivity contribution >= 4 is 0 Å². The molecular weight excluding hydrogens is 382 g/mol. The molecular formula is C27H37N3O. The molecule has 0 radical (unpaired) electrons. The van der Waals surface area contributed by atoms with Crippen LogP contribution in [0.3, 0.4) is 0 Å². The zero-order chi connectivity index (χ0) is 22.2. The number of hydrogen-bond acceptors (Lipinski definition) is 3. The first-order chi connectivity index (χ1) is 14.9. The van der Waals surface area contributed by atoms with Crippen LogP contribution < -0.4 is 4.74 Å². The second-order valence-corrected chi connectivity index (χ2v) is 9.43. The molecule has 4 nitrogen and oxygen atoms in total. The van der Waals surface area contributed by atoms with Gasteiger partial charge in [0.25, 0.3) is 0 Å². The predicted octanol–water partition coefficient (Wildman–Crippen LogP) is 6.76. The van der Waals surface area contributed by atoms with Gasteiger partial charge in [0.05, 0.1) is 12.8 Å². The van der Waals surface area contributed by atoms with Crippen molar-refractivity contribution in [3.63, 3.8) is 0 Å². The first kappa shape index (κ1) is 23.1. The van der Waals surface area contributed by atoms with Gasteiger partial charge in [-0.25, -0.2) is 0 Å². The van der Waals surface area contributed by atoms with Crippen molar-refractivity contribution in [2.45, 2.75) is 66.3 Å². The van der Waals surface area contributed by atoms with Crippen molar-refractivity contribution < 1.29 is 4.74 Å². The minimum atomic E-state index is 0.504. The zero-order valence-electron chi connectivity index (χ0n) is 19.7. The third-order valence-electron chi connectivity index (χ3n) is 5.57. The summed E-state index contributed by atoms with van der Waals surface area (Å²) in [4.78, 5) is 0. The van der Waals surface area contributed by atoms with Gasteiger partial charge in [-0.3, -0.25) is 4.68 Å². The van der Waals surface area contributed by atoms with Crippen LogP contribution in [-0.2, 0) is 13.0 Å². The highest BCUT2D eigenvalue weighted by molar-refractivity contribution is 5.58. The summed E-state index contributed by atoms with van der Waals surface area (Å²) < 4.78 is 7.83.